The fourth-order valence-electron chi connectivity index (χ4n) is 2.85. The van der Waals surface area contributed by atoms with Crippen LogP contribution >= 0.6 is 11.3 Å². The number of carbonyl (C=O) groups is 1. The van der Waals surface area contributed by atoms with Crippen molar-refractivity contribution in [2.24, 2.45) is 0 Å². The molecule has 2 aromatic carbocycles. The van der Waals surface area contributed by atoms with E-state index in [1.165, 1.54) is 18.2 Å². The van der Waals surface area contributed by atoms with Crippen molar-refractivity contribution in [3.05, 3.63) is 47.5 Å². The van der Waals surface area contributed by atoms with Gasteiger partial charge in [0.2, 0.25) is 5.91 Å². The summed E-state index contributed by atoms with van der Waals surface area (Å²) in [5.41, 5.74) is 1.29. The lowest BCUT2D eigenvalue weighted by molar-refractivity contribution is -0.286. The normalized spacial score (nSPS) is 15.8. The largest absolute Gasteiger partial charge is 0.586 e. The maximum Gasteiger partial charge on any atom is 0.586 e. The Kier molecular flexibility index (Phi) is 4.64. The van der Waals surface area contributed by atoms with Crippen LogP contribution in [0, 0.1) is 0 Å². The lowest BCUT2D eigenvalue weighted by Crippen LogP contribution is -2.32. The molecule has 2 heterocycles. The molecular formula is C19H17F2N3O3S. The van der Waals surface area contributed by atoms with Gasteiger partial charge in [0.15, 0.2) is 11.5 Å². The molecule has 1 N–H and O–H groups in total. The summed E-state index contributed by atoms with van der Waals surface area (Å²) in [7, 11) is 1.83. The first-order valence-corrected chi connectivity index (χ1v) is 9.38. The summed E-state index contributed by atoms with van der Waals surface area (Å²) in [4.78, 5) is 18.9. The SMILES string of the molecule is C[C@@H](c1nc2ccccc2s1)N(C)CC(=O)Nc1ccc2c(c1)OC(F)(F)O2. The van der Waals surface area contributed by atoms with Gasteiger partial charge in [0.1, 0.15) is 5.01 Å². The summed E-state index contributed by atoms with van der Waals surface area (Å²) in [5, 5.41) is 3.60. The summed E-state index contributed by atoms with van der Waals surface area (Å²) >= 11 is 1.59. The second-order valence-corrected chi connectivity index (χ2v) is 7.55. The molecule has 0 radical (unpaired) electrons. The molecule has 1 aliphatic heterocycles. The summed E-state index contributed by atoms with van der Waals surface area (Å²) in [6.45, 7) is 2.09. The summed E-state index contributed by atoms with van der Waals surface area (Å²) in [6, 6.07) is 11.9. The zero-order chi connectivity index (χ0) is 19.9. The summed E-state index contributed by atoms with van der Waals surface area (Å²) in [6.07, 6.45) is -3.68. The molecule has 0 saturated carbocycles. The van der Waals surface area contributed by atoms with Crippen molar-refractivity contribution >= 4 is 33.1 Å². The van der Waals surface area contributed by atoms with Crippen molar-refractivity contribution in [3.8, 4) is 11.5 Å². The molecule has 9 heteroatoms. The van der Waals surface area contributed by atoms with Crippen molar-refractivity contribution < 1.29 is 23.0 Å². The van der Waals surface area contributed by atoms with E-state index in [9.17, 15) is 13.6 Å². The Morgan fingerprint density at radius 2 is 2.00 bits per heavy atom. The summed E-state index contributed by atoms with van der Waals surface area (Å²) in [5.74, 6) is -0.454. The molecule has 1 aromatic heterocycles. The van der Waals surface area contributed by atoms with Gasteiger partial charge in [-0.2, -0.15) is 0 Å². The number of benzene rings is 2. The number of ether oxygens (including phenoxy) is 2. The predicted octanol–water partition coefficient (Wildman–Crippen LogP) is 4.25. The summed E-state index contributed by atoms with van der Waals surface area (Å²) < 4.78 is 36.0. The molecule has 1 aliphatic rings. The van der Waals surface area contributed by atoms with Gasteiger partial charge in [0.05, 0.1) is 22.8 Å². The number of rotatable bonds is 5. The Balaban J connectivity index is 1.39. The number of thiazole rings is 1. The third kappa shape index (κ3) is 3.76. The Morgan fingerprint density at radius 3 is 2.79 bits per heavy atom. The second-order valence-electron chi connectivity index (χ2n) is 6.49. The number of hydrogen-bond acceptors (Lipinski definition) is 6. The van der Waals surface area contributed by atoms with E-state index in [-0.39, 0.29) is 30.0 Å². The van der Waals surface area contributed by atoms with Crippen LogP contribution in [0.5, 0.6) is 11.5 Å². The molecule has 0 bridgehead atoms. The number of amides is 1. The molecule has 3 aromatic rings. The van der Waals surface area contributed by atoms with E-state index in [2.05, 4.69) is 19.8 Å². The van der Waals surface area contributed by atoms with Crippen LogP contribution in [-0.4, -0.2) is 35.7 Å². The number of alkyl halides is 2. The van der Waals surface area contributed by atoms with E-state index < -0.39 is 6.29 Å². The highest BCUT2D eigenvalue weighted by molar-refractivity contribution is 7.18. The zero-order valence-corrected chi connectivity index (χ0v) is 15.9. The van der Waals surface area contributed by atoms with Gasteiger partial charge >= 0.3 is 6.29 Å². The van der Waals surface area contributed by atoms with Crippen molar-refractivity contribution in [3.63, 3.8) is 0 Å². The number of hydrogen-bond donors (Lipinski definition) is 1. The quantitative estimate of drug-likeness (QED) is 0.688. The molecule has 0 aliphatic carbocycles. The Morgan fingerprint density at radius 1 is 1.25 bits per heavy atom. The van der Waals surface area contributed by atoms with Crippen LogP contribution in [0.3, 0.4) is 0 Å². The molecule has 1 atom stereocenters. The zero-order valence-electron chi connectivity index (χ0n) is 15.1. The first kappa shape index (κ1) is 18.6. The van der Waals surface area contributed by atoms with Crippen molar-refractivity contribution in [2.75, 3.05) is 18.9 Å². The Labute approximate surface area is 163 Å². The van der Waals surface area contributed by atoms with E-state index >= 15 is 0 Å². The Hall–Kier alpha value is -2.78. The van der Waals surface area contributed by atoms with E-state index in [0.29, 0.717) is 5.69 Å². The standard InChI is InChI=1S/C19H17F2N3O3S/c1-11(18-23-13-5-3-4-6-16(13)28-18)24(2)10-17(25)22-12-7-8-14-15(9-12)27-19(20,21)26-14/h3-9,11H,10H2,1-2H3,(H,22,25)/t11-/m0/s1. The highest BCUT2D eigenvalue weighted by atomic mass is 32.1. The number of nitrogens with zero attached hydrogens (tertiary/aromatic N) is 2. The van der Waals surface area contributed by atoms with Crippen LogP contribution < -0.4 is 14.8 Å². The van der Waals surface area contributed by atoms with E-state index in [1.54, 1.807) is 11.3 Å². The number of halogens is 2. The fraction of sp³-hybridized carbons (Fsp3) is 0.263. The molecule has 0 spiro atoms. The van der Waals surface area contributed by atoms with Crippen LogP contribution in [0.2, 0.25) is 0 Å². The maximum absolute atomic E-state index is 13.1. The monoisotopic (exact) mass is 405 g/mol. The number of fused-ring (bicyclic) bond motifs is 2. The van der Waals surface area contributed by atoms with E-state index in [0.717, 1.165) is 15.2 Å². The second kappa shape index (κ2) is 6.99. The van der Waals surface area contributed by atoms with Gasteiger partial charge in [0.25, 0.3) is 0 Å². The number of para-hydroxylation sites is 1. The number of anilines is 1. The van der Waals surface area contributed by atoms with Crippen LogP contribution in [0.4, 0.5) is 14.5 Å². The lowest BCUT2D eigenvalue weighted by Gasteiger charge is -2.22. The molecule has 146 valence electrons. The minimum atomic E-state index is -3.68. The first-order valence-electron chi connectivity index (χ1n) is 8.56. The van der Waals surface area contributed by atoms with Gasteiger partial charge in [-0.15, -0.1) is 20.1 Å². The number of likely N-dealkylation sites (N-methyl/N-ethyl adjacent to an activating group) is 1. The Bertz CT molecular complexity index is 1010. The molecule has 0 unspecified atom stereocenters. The van der Waals surface area contributed by atoms with Crippen molar-refractivity contribution in [2.45, 2.75) is 19.3 Å². The van der Waals surface area contributed by atoms with Gasteiger partial charge in [-0.3, -0.25) is 9.69 Å². The van der Waals surface area contributed by atoms with Gasteiger partial charge < -0.3 is 14.8 Å². The average Bonchev–Trinajstić information content (AvgIpc) is 3.19. The molecule has 28 heavy (non-hydrogen) atoms. The topological polar surface area (TPSA) is 63.7 Å². The molecule has 0 fully saturated rings. The smallest absolute Gasteiger partial charge is 0.395 e. The predicted molar refractivity (Wildman–Crippen MR) is 102 cm³/mol. The number of carbonyl (C=O) groups excluding carboxylic acids is 1. The first-order chi connectivity index (χ1) is 13.3. The fourth-order valence-corrected chi connectivity index (χ4v) is 3.93. The number of nitrogens with one attached hydrogen (secondary N) is 1. The molecule has 1 amide bonds. The van der Waals surface area contributed by atoms with Gasteiger partial charge in [-0.05, 0) is 38.2 Å². The van der Waals surface area contributed by atoms with E-state index in [4.69, 9.17) is 0 Å². The van der Waals surface area contributed by atoms with Gasteiger partial charge in [-0.25, -0.2) is 4.98 Å². The highest BCUT2D eigenvalue weighted by Gasteiger charge is 2.43. The van der Waals surface area contributed by atoms with Gasteiger partial charge in [-0.1, -0.05) is 12.1 Å². The van der Waals surface area contributed by atoms with Crippen LogP contribution in [0.15, 0.2) is 42.5 Å². The van der Waals surface area contributed by atoms with Crippen LogP contribution in [-0.2, 0) is 4.79 Å². The molecular weight excluding hydrogens is 388 g/mol. The van der Waals surface area contributed by atoms with Crippen LogP contribution in [0.1, 0.15) is 18.0 Å². The van der Waals surface area contributed by atoms with Crippen molar-refractivity contribution in [1.29, 1.82) is 0 Å². The molecule has 0 saturated heterocycles. The third-order valence-corrected chi connectivity index (χ3v) is 5.61. The number of aromatic nitrogens is 1. The van der Waals surface area contributed by atoms with E-state index in [1.807, 2.05) is 43.1 Å². The van der Waals surface area contributed by atoms with Crippen LogP contribution in [0.25, 0.3) is 10.2 Å². The molecule has 4 rings (SSSR count). The van der Waals surface area contributed by atoms with Crippen molar-refractivity contribution in [1.82, 2.24) is 9.88 Å². The third-order valence-electron chi connectivity index (χ3n) is 4.41. The molecule has 6 nitrogen and oxygen atoms in total. The highest BCUT2D eigenvalue weighted by Crippen LogP contribution is 2.42. The lowest BCUT2D eigenvalue weighted by atomic mass is 10.2. The average molecular weight is 405 g/mol. The maximum atomic E-state index is 13.1. The minimum Gasteiger partial charge on any atom is -0.395 e. The van der Waals surface area contributed by atoms with Gasteiger partial charge in [0, 0.05) is 11.8 Å². The minimum absolute atomic E-state index is 0.0569.